The van der Waals surface area contributed by atoms with Crippen LogP contribution < -0.4 is 5.43 Å². The van der Waals surface area contributed by atoms with Crippen LogP contribution in [0.15, 0.2) is 35.4 Å². The van der Waals surface area contributed by atoms with Crippen LogP contribution >= 0.6 is 11.6 Å². The van der Waals surface area contributed by atoms with Gasteiger partial charge in [-0.1, -0.05) is 48.9 Å². The van der Waals surface area contributed by atoms with Crippen molar-refractivity contribution in [1.29, 1.82) is 0 Å². The summed E-state index contributed by atoms with van der Waals surface area (Å²) >= 11 is 6.12. The van der Waals surface area contributed by atoms with Crippen molar-refractivity contribution >= 4 is 23.7 Å². The highest BCUT2D eigenvalue weighted by atomic mass is 35.5. The van der Waals surface area contributed by atoms with E-state index >= 15 is 0 Å². The monoisotopic (exact) mass is 290 g/mol. The number of aromatic nitrogens is 2. The summed E-state index contributed by atoms with van der Waals surface area (Å²) in [6, 6.07) is 9.49. The van der Waals surface area contributed by atoms with Gasteiger partial charge in [-0.05, 0) is 12.0 Å². The van der Waals surface area contributed by atoms with Crippen LogP contribution in [0.5, 0.6) is 0 Å². The maximum absolute atomic E-state index is 12.0. The molecule has 2 aromatic rings. The molecule has 0 unspecified atom stereocenters. The normalized spacial score (nSPS) is 10.9. The van der Waals surface area contributed by atoms with Gasteiger partial charge in [-0.2, -0.15) is 10.2 Å². The Hall–Kier alpha value is -2.14. The summed E-state index contributed by atoms with van der Waals surface area (Å²) in [6.45, 7) is 1.93. The summed E-state index contributed by atoms with van der Waals surface area (Å²) in [4.78, 5) is 12.0. The standard InChI is InChI=1S/C14H15ClN4O/c1-3-11-12(15)13(19(2)18-11)14(20)17-16-9-10-7-5-4-6-8-10/h4-9H,3H2,1-2H3,(H,17,20)/b16-9-. The van der Waals surface area contributed by atoms with Crippen molar-refractivity contribution in [3.05, 3.63) is 52.3 Å². The molecule has 1 aromatic heterocycles. The third kappa shape index (κ3) is 3.05. The van der Waals surface area contributed by atoms with Gasteiger partial charge in [0.25, 0.3) is 5.91 Å². The Kier molecular flexibility index (Phi) is 4.53. The van der Waals surface area contributed by atoms with E-state index in [9.17, 15) is 4.79 Å². The molecule has 0 spiro atoms. The van der Waals surface area contributed by atoms with Crippen LogP contribution in [0, 0.1) is 0 Å². The molecule has 0 saturated heterocycles. The zero-order valence-electron chi connectivity index (χ0n) is 11.3. The fraction of sp³-hybridized carbons (Fsp3) is 0.214. The van der Waals surface area contributed by atoms with Gasteiger partial charge in [0.05, 0.1) is 16.9 Å². The van der Waals surface area contributed by atoms with Gasteiger partial charge in [0.1, 0.15) is 5.69 Å². The largest absolute Gasteiger partial charge is 0.291 e. The molecule has 0 atom stereocenters. The highest BCUT2D eigenvalue weighted by Gasteiger charge is 2.19. The van der Waals surface area contributed by atoms with E-state index in [1.165, 1.54) is 4.68 Å². The number of nitrogens with zero attached hydrogens (tertiary/aromatic N) is 3. The number of carbonyl (C=O) groups is 1. The summed E-state index contributed by atoms with van der Waals surface area (Å²) in [5, 5.41) is 8.48. The number of aryl methyl sites for hydroxylation is 2. The molecule has 2 rings (SSSR count). The van der Waals surface area contributed by atoms with Crippen LogP contribution in [-0.4, -0.2) is 21.9 Å². The molecule has 1 amide bonds. The maximum atomic E-state index is 12.0. The molecular weight excluding hydrogens is 276 g/mol. The first-order valence-electron chi connectivity index (χ1n) is 6.23. The minimum atomic E-state index is -0.378. The van der Waals surface area contributed by atoms with E-state index < -0.39 is 0 Å². The minimum absolute atomic E-state index is 0.314. The van der Waals surface area contributed by atoms with Crippen molar-refractivity contribution in [3.63, 3.8) is 0 Å². The average molecular weight is 291 g/mol. The van der Waals surface area contributed by atoms with Gasteiger partial charge in [0.2, 0.25) is 0 Å². The topological polar surface area (TPSA) is 59.3 Å². The number of hydrogen-bond acceptors (Lipinski definition) is 3. The third-order valence-corrected chi connectivity index (χ3v) is 3.18. The van der Waals surface area contributed by atoms with E-state index in [0.717, 1.165) is 5.56 Å². The second-order valence-electron chi connectivity index (χ2n) is 4.20. The molecule has 0 fully saturated rings. The van der Waals surface area contributed by atoms with Crippen LogP contribution in [0.3, 0.4) is 0 Å². The SMILES string of the molecule is CCc1nn(C)c(C(=O)N/N=C\c2ccccc2)c1Cl. The predicted molar refractivity (Wildman–Crippen MR) is 79.1 cm³/mol. The van der Waals surface area contributed by atoms with Gasteiger partial charge in [-0.25, -0.2) is 5.43 Å². The van der Waals surface area contributed by atoms with Gasteiger partial charge < -0.3 is 0 Å². The van der Waals surface area contributed by atoms with Gasteiger partial charge in [-0.3, -0.25) is 9.48 Å². The number of carbonyl (C=O) groups excluding carboxylic acids is 1. The minimum Gasteiger partial charge on any atom is -0.266 e. The van der Waals surface area contributed by atoms with E-state index in [4.69, 9.17) is 11.6 Å². The second kappa shape index (κ2) is 6.34. The number of halogens is 1. The molecule has 6 heteroatoms. The van der Waals surface area contributed by atoms with Crippen LogP contribution in [0.4, 0.5) is 0 Å². The Morgan fingerprint density at radius 2 is 2.15 bits per heavy atom. The Bertz CT molecular complexity index is 634. The van der Waals surface area contributed by atoms with Crippen LogP contribution in [0.1, 0.15) is 28.7 Å². The molecule has 0 bridgehead atoms. The zero-order chi connectivity index (χ0) is 14.5. The van der Waals surface area contributed by atoms with Crippen molar-refractivity contribution in [2.24, 2.45) is 12.1 Å². The second-order valence-corrected chi connectivity index (χ2v) is 4.57. The maximum Gasteiger partial charge on any atom is 0.291 e. The highest BCUT2D eigenvalue weighted by molar-refractivity contribution is 6.34. The van der Waals surface area contributed by atoms with Gasteiger partial charge in [0, 0.05) is 7.05 Å². The lowest BCUT2D eigenvalue weighted by atomic mass is 10.2. The quantitative estimate of drug-likeness (QED) is 0.694. The summed E-state index contributed by atoms with van der Waals surface area (Å²) in [5.74, 6) is -0.378. The van der Waals surface area contributed by atoms with Gasteiger partial charge in [0.15, 0.2) is 0 Å². The van der Waals surface area contributed by atoms with Crippen molar-refractivity contribution in [3.8, 4) is 0 Å². The molecule has 20 heavy (non-hydrogen) atoms. The number of hydrogen-bond donors (Lipinski definition) is 1. The van der Waals surface area contributed by atoms with E-state index in [1.54, 1.807) is 13.3 Å². The highest BCUT2D eigenvalue weighted by Crippen LogP contribution is 2.20. The molecule has 1 aromatic carbocycles. The van der Waals surface area contributed by atoms with Crippen LogP contribution in [0.2, 0.25) is 5.02 Å². The predicted octanol–water partition coefficient (Wildman–Crippen LogP) is 2.40. The number of nitrogens with one attached hydrogen (secondary N) is 1. The molecule has 0 aliphatic heterocycles. The van der Waals surface area contributed by atoms with Crippen molar-refractivity contribution in [2.75, 3.05) is 0 Å². The third-order valence-electron chi connectivity index (χ3n) is 2.78. The Morgan fingerprint density at radius 1 is 1.45 bits per heavy atom. The Morgan fingerprint density at radius 3 is 2.75 bits per heavy atom. The lowest BCUT2D eigenvalue weighted by molar-refractivity contribution is 0.0946. The van der Waals surface area contributed by atoms with Crippen LogP contribution in [-0.2, 0) is 13.5 Å². The summed E-state index contributed by atoms with van der Waals surface area (Å²) in [5.41, 5.74) is 4.37. The van der Waals surface area contributed by atoms with E-state index in [0.29, 0.717) is 22.8 Å². The number of benzene rings is 1. The van der Waals surface area contributed by atoms with Crippen LogP contribution in [0.25, 0.3) is 0 Å². The number of hydrazone groups is 1. The van der Waals surface area contributed by atoms with Gasteiger partial charge >= 0.3 is 0 Å². The molecule has 5 nitrogen and oxygen atoms in total. The molecule has 1 N–H and O–H groups in total. The zero-order valence-corrected chi connectivity index (χ0v) is 12.1. The summed E-state index contributed by atoms with van der Waals surface area (Å²) < 4.78 is 1.47. The smallest absolute Gasteiger partial charge is 0.266 e. The first kappa shape index (κ1) is 14.3. The van der Waals surface area contributed by atoms with Crippen molar-refractivity contribution in [2.45, 2.75) is 13.3 Å². The fourth-order valence-electron chi connectivity index (χ4n) is 1.78. The lowest BCUT2D eigenvalue weighted by Gasteiger charge is -2.00. The molecule has 0 radical (unpaired) electrons. The molecule has 0 saturated carbocycles. The Balaban J connectivity index is 2.10. The first-order chi connectivity index (χ1) is 9.63. The molecule has 0 aliphatic rings. The van der Waals surface area contributed by atoms with Crippen molar-refractivity contribution < 1.29 is 4.79 Å². The fourth-order valence-corrected chi connectivity index (χ4v) is 2.16. The molecule has 0 aliphatic carbocycles. The average Bonchev–Trinajstić information content (AvgIpc) is 2.74. The molecule has 1 heterocycles. The first-order valence-corrected chi connectivity index (χ1v) is 6.61. The van der Waals surface area contributed by atoms with Gasteiger partial charge in [-0.15, -0.1) is 0 Å². The summed E-state index contributed by atoms with van der Waals surface area (Å²) in [7, 11) is 1.68. The van der Waals surface area contributed by atoms with E-state index in [2.05, 4.69) is 15.6 Å². The molecular formula is C14H15ClN4O. The van der Waals surface area contributed by atoms with E-state index in [1.807, 2.05) is 37.3 Å². The number of rotatable bonds is 4. The summed E-state index contributed by atoms with van der Waals surface area (Å²) in [6.07, 6.45) is 2.25. The van der Waals surface area contributed by atoms with E-state index in [-0.39, 0.29) is 5.91 Å². The molecule has 104 valence electrons. The lowest BCUT2D eigenvalue weighted by Crippen LogP contribution is -2.21. The van der Waals surface area contributed by atoms with Crippen molar-refractivity contribution in [1.82, 2.24) is 15.2 Å². The Labute approximate surface area is 122 Å². The number of amides is 1.